The molecule has 0 aromatic heterocycles. The topological polar surface area (TPSA) is 58.7 Å². The highest BCUT2D eigenvalue weighted by Gasteiger charge is 2.34. The summed E-state index contributed by atoms with van der Waals surface area (Å²) in [5, 5.41) is 11.9. The number of nitrogens with zero attached hydrogens (tertiary/aromatic N) is 1. The number of fused-ring (bicyclic) bond motifs is 2. The predicted molar refractivity (Wildman–Crippen MR) is 139 cm³/mol. The van der Waals surface area contributed by atoms with Crippen LogP contribution >= 0.6 is 11.6 Å². The minimum atomic E-state index is -0.762. The molecule has 5 heteroatoms. The van der Waals surface area contributed by atoms with Gasteiger partial charge < -0.3 is 20.5 Å². The third-order valence-corrected chi connectivity index (χ3v) is 7.76. The molecule has 2 aromatic rings. The summed E-state index contributed by atoms with van der Waals surface area (Å²) in [6.07, 6.45) is 13.7. The number of allylic oxidation sites excluding steroid dienone is 4. The number of rotatable bonds is 5. The molecule has 3 aliphatic rings. The number of benzene rings is 2. The average molecular weight is 477 g/mol. The lowest BCUT2D eigenvalue weighted by Crippen LogP contribution is -2.42. The summed E-state index contributed by atoms with van der Waals surface area (Å²) >= 11 is 6.02. The molecular formula is C29H33ClN2O2. The van der Waals surface area contributed by atoms with E-state index < -0.39 is 5.60 Å². The molecule has 1 saturated heterocycles. The Bertz CT molecular complexity index is 1100. The van der Waals surface area contributed by atoms with Gasteiger partial charge in [0, 0.05) is 48.6 Å². The first-order valence-electron chi connectivity index (χ1n) is 12.3. The molecule has 1 aliphatic carbocycles. The highest BCUT2D eigenvalue weighted by Crippen LogP contribution is 2.42. The average Bonchev–Trinajstić information content (AvgIpc) is 3.02. The van der Waals surface area contributed by atoms with Gasteiger partial charge >= 0.3 is 0 Å². The van der Waals surface area contributed by atoms with Crippen molar-refractivity contribution in [1.82, 2.24) is 4.90 Å². The van der Waals surface area contributed by atoms with Crippen LogP contribution in [0.2, 0.25) is 5.02 Å². The summed E-state index contributed by atoms with van der Waals surface area (Å²) in [7, 11) is 0. The van der Waals surface area contributed by atoms with Crippen LogP contribution in [0, 0.1) is 11.8 Å². The third-order valence-electron chi connectivity index (χ3n) is 7.50. The van der Waals surface area contributed by atoms with Crippen molar-refractivity contribution < 1.29 is 9.84 Å². The quantitative estimate of drug-likeness (QED) is 0.614. The molecule has 4 nitrogen and oxygen atoms in total. The van der Waals surface area contributed by atoms with E-state index in [4.69, 9.17) is 22.1 Å². The van der Waals surface area contributed by atoms with E-state index in [-0.39, 0.29) is 0 Å². The summed E-state index contributed by atoms with van der Waals surface area (Å²) in [4.78, 5) is 2.46. The monoisotopic (exact) mass is 476 g/mol. The molecule has 0 saturated carbocycles. The van der Waals surface area contributed by atoms with Crippen LogP contribution in [-0.4, -0.2) is 36.2 Å². The zero-order valence-electron chi connectivity index (χ0n) is 19.5. The molecule has 1 fully saturated rings. The minimum Gasteiger partial charge on any atom is -0.492 e. The van der Waals surface area contributed by atoms with Crippen LogP contribution in [-0.2, 0) is 12.1 Å². The second-order valence-electron chi connectivity index (χ2n) is 9.63. The number of aliphatic hydroxyl groups is 1. The fourth-order valence-electron chi connectivity index (χ4n) is 5.41. The first kappa shape index (κ1) is 23.4. The molecule has 0 radical (unpaired) electrons. The van der Waals surface area contributed by atoms with Crippen molar-refractivity contribution in [3.63, 3.8) is 0 Å². The number of hydrogen-bond donors (Lipinski definition) is 2. The minimum absolute atomic E-state index is 0.315. The van der Waals surface area contributed by atoms with Crippen molar-refractivity contribution in [2.24, 2.45) is 17.6 Å². The zero-order valence-corrected chi connectivity index (χ0v) is 20.3. The van der Waals surface area contributed by atoms with E-state index in [1.54, 1.807) is 0 Å². The Kier molecular flexibility index (Phi) is 6.94. The largest absolute Gasteiger partial charge is 0.492 e. The maximum atomic E-state index is 11.2. The maximum absolute atomic E-state index is 11.2. The number of nitrogens with two attached hydrogens (primary N) is 1. The Hall–Kier alpha value is -2.37. The van der Waals surface area contributed by atoms with Crippen molar-refractivity contribution in [3.8, 4) is 5.75 Å². The van der Waals surface area contributed by atoms with Gasteiger partial charge in [-0.05, 0) is 60.2 Å². The Balaban J connectivity index is 1.29. The highest BCUT2D eigenvalue weighted by atomic mass is 35.5. The van der Waals surface area contributed by atoms with Crippen LogP contribution in [0.15, 0.2) is 72.8 Å². The molecule has 2 atom stereocenters. The first-order chi connectivity index (χ1) is 16.6. The van der Waals surface area contributed by atoms with E-state index in [9.17, 15) is 5.11 Å². The van der Waals surface area contributed by atoms with E-state index in [0.29, 0.717) is 30.0 Å². The van der Waals surface area contributed by atoms with Crippen LogP contribution in [0.25, 0.3) is 5.57 Å². The lowest BCUT2D eigenvalue weighted by atomic mass is 9.80. The number of halogens is 1. The summed E-state index contributed by atoms with van der Waals surface area (Å²) in [5.41, 5.74) is 9.79. The Morgan fingerprint density at radius 3 is 2.62 bits per heavy atom. The summed E-state index contributed by atoms with van der Waals surface area (Å²) in [6.45, 7) is 3.95. The van der Waals surface area contributed by atoms with Gasteiger partial charge in [-0.2, -0.15) is 0 Å². The van der Waals surface area contributed by atoms with Gasteiger partial charge in [0.15, 0.2) is 0 Å². The summed E-state index contributed by atoms with van der Waals surface area (Å²) in [5.74, 6) is 1.61. The fraction of sp³-hybridized carbons (Fsp3) is 0.379. The Morgan fingerprint density at radius 1 is 1.09 bits per heavy atom. The first-order valence-corrected chi connectivity index (χ1v) is 12.7. The van der Waals surface area contributed by atoms with E-state index in [2.05, 4.69) is 53.5 Å². The van der Waals surface area contributed by atoms with E-state index in [1.165, 1.54) is 11.1 Å². The standard InChI is InChI=1S/C29H33ClN2O2/c30-24-10-8-23(9-11-24)29(33)13-16-32(17-14-29)15-3-6-26-25-5-2-1-4-22(25)20-34-28-12-7-21(19-31)18-27(26)28/h1-2,4-12,18,22,25,33H,3,13-17,19-20,31H2. The number of hydrogen-bond acceptors (Lipinski definition) is 4. The molecule has 2 aromatic carbocycles. The molecule has 178 valence electrons. The summed E-state index contributed by atoms with van der Waals surface area (Å²) < 4.78 is 6.20. The molecule has 0 bridgehead atoms. The number of likely N-dealkylation sites (tertiary alicyclic amines) is 1. The Labute approximate surface area is 207 Å². The number of piperidine rings is 1. The van der Waals surface area contributed by atoms with Crippen molar-refractivity contribution in [2.75, 3.05) is 26.2 Å². The molecule has 5 rings (SSSR count). The van der Waals surface area contributed by atoms with Gasteiger partial charge in [-0.1, -0.05) is 60.2 Å². The Morgan fingerprint density at radius 2 is 1.85 bits per heavy atom. The lowest BCUT2D eigenvalue weighted by Gasteiger charge is -2.38. The molecule has 2 heterocycles. The van der Waals surface area contributed by atoms with Gasteiger partial charge in [-0.25, -0.2) is 0 Å². The van der Waals surface area contributed by atoms with Gasteiger partial charge in [0.2, 0.25) is 0 Å². The smallest absolute Gasteiger partial charge is 0.126 e. The molecule has 0 spiro atoms. The van der Waals surface area contributed by atoms with Crippen LogP contribution in [0.3, 0.4) is 0 Å². The second-order valence-corrected chi connectivity index (χ2v) is 10.1. The van der Waals surface area contributed by atoms with E-state index in [1.807, 2.05) is 24.3 Å². The van der Waals surface area contributed by atoms with Gasteiger partial charge in [0.1, 0.15) is 5.75 Å². The van der Waals surface area contributed by atoms with Gasteiger partial charge in [0.25, 0.3) is 0 Å². The van der Waals surface area contributed by atoms with Gasteiger partial charge in [-0.15, -0.1) is 0 Å². The molecule has 34 heavy (non-hydrogen) atoms. The maximum Gasteiger partial charge on any atom is 0.126 e. The molecule has 2 unspecified atom stereocenters. The van der Waals surface area contributed by atoms with Crippen molar-refractivity contribution in [1.29, 1.82) is 0 Å². The SMILES string of the molecule is NCc1ccc2c(c1)C(=CCCN1CCC(O)(c3ccc(Cl)cc3)CC1)C1C=CC=CC1CO2. The van der Waals surface area contributed by atoms with Crippen molar-refractivity contribution >= 4 is 17.2 Å². The fourth-order valence-corrected chi connectivity index (χ4v) is 5.54. The van der Waals surface area contributed by atoms with Crippen LogP contribution < -0.4 is 10.5 Å². The van der Waals surface area contributed by atoms with Crippen molar-refractivity contribution in [3.05, 3.63) is 94.6 Å². The molecule has 3 N–H and O–H groups in total. The molecule has 0 amide bonds. The lowest BCUT2D eigenvalue weighted by molar-refractivity contribution is -0.0254. The predicted octanol–water partition coefficient (Wildman–Crippen LogP) is 5.31. The highest BCUT2D eigenvalue weighted by molar-refractivity contribution is 6.30. The molecular weight excluding hydrogens is 444 g/mol. The molecule has 2 aliphatic heterocycles. The van der Waals surface area contributed by atoms with Crippen LogP contribution in [0.1, 0.15) is 36.0 Å². The zero-order chi connectivity index (χ0) is 23.5. The van der Waals surface area contributed by atoms with Crippen LogP contribution in [0.5, 0.6) is 5.75 Å². The summed E-state index contributed by atoms with van der Waals surface area (Å²) in [6, 6.07) is 14.0. The van der Waals surface area contributed by atoms with E-state index >= 15 is 0 Å². The van der Waals surface area contributed by atoms with Gasteiger partial charge in [-0.3, -0.25) is 0 Å². The van der Waals surface area contributed by atoms with Crippen LogP contribution in [0.4, 0.5) is 0 Å². The number of ether oxygens (including phenoxy) is 1. The van der Waals surface area contributed by atoms with E-state index in [0.717, 1.165) is 55.8 Å². The second kappa shape index (κ2) is 10.1. The van der Waals surface area contributed by atoms with Crippen molar-refractivity contribution in [2.45, 2.75) is 31.4 Å². The van der Waals surface area contributed by atoms with Gasteiger partial charge in [0.05, 0.1) is 12.2 Å². The normalized spacial score (nSPS) is 24.9. The third kappa shape index (κ3) is 4.87.